The first-order valence-electron chi connectivity index (χ1n) is 14.1. The molecule has 6 rings (SSSR count). The molecule has 11 heteroatoms. The van der Waals surface area contributed by atoms with Crippen LogP contribution < -0.4 is 4.72 Å². The van der Waals surface area contributed by atoms with E-state index in [1.807, 2.05) is 0 Å². The topological polar surface area (TPSA) is 95.5 Å². The van der Waals surface area contributed by atoms with Crippen molar-refractivity contribution in [1.29, 1.82) is 0 Å². The van der Waals surface area contributed by atoms with Gasteiger partial charge in [-0.3, -0.25) is 19.4 Å². The highest BCUT2D eigenvalue weighted by Gasteiger charge is 2.41. The van der Waals surface area contributed by atoms with Gasteiger partial charge in [0.05, 0.1) is 11.1 Å². The summed E-state index contributed by atoms with van der Waals surface area (Å²) < 4.78 is 57.0. The normalized spacial score (nSPS) is 17.7. The summed E-state index contributed by atoms with van der Waals surface area (Å²) in [5.74, 6) is -1.26. The number of benzene rings is 2. The molecule has 2 fully saturated rings. The maximum Gasteiger partial charge on any atom is 0.265 e. The van der Waals surface area contributed by atoms with E-state index >= 15 is 0 Å². The van der Waals surface area contributed by atoms with Gasteiger partial charge in [0.25, 0.3) is 15.9 Å². The van der Waals surface area contributed by atoms with Gasteiger partial charge in [-0.05, 0) is 54.8 Å². The Kier molecular flexibility index (Phi) is 7.63. The number of piperazine rings is 1. The fourth-order valence-electron chi connectivity index (χ4n) is 6.33. The lowest BCUT2D eigenvalue weighted by molar-refractivity contribution is 0.00532. The molecule has 8 nitrogen and oxygen atoms in total. The van der Waals surface area contributed by atoms with Crippen LogP contribution in [0.4, 0.5) is 14.6 Å². The van der Waals surface area contributed by atoms with Gasteiger partial charge in [0.1, 0.15) is 22.3 Å². The van der Waals surface area contributed by atoms with Gasteiger partial charge >= 0.3 is 0 Å². The Hall–Kier alpha value is -3.96. The van der Waals surface area contributed by atoms with E-state index in [0.29, 0.717) is 48.2 Å². The van der Waals surface area contributed by atoms with E-state index < -0.39 is 27.2 Å². The third-order valence-corrected chi connectivity index (χ3v) is 9.77. The van der Waals surface area contributed by atoms with Crippen molar-refractivity contribution in [3.63, 3.8) is 0 Å². The van der Waals surface area contributed by atoms with Crippen LogP contribution in [-0.4, -0.2) is 60.3 Å². The third-order valence-electron chi connectivity index (χ3n) is 8.39. The fraction of sp³-hybridized carbons (Fsp3) is 0.323. The van der Waals surface area contributed by atoms with Crippen LogP contribution in [0.5, 0.6) is 0 Å². The molecule has 1 aliphatic carbocycles. The number of amides is 1. The number of aromatic nitrogens is 2. The summed E-state index contributed by atoms with van der Waals surface area (Å²) in [5.41, 5.74) is 0.922. The van der Waals surface area contributed by atoms with Gasteiger partial charge in [0, 0.05) is 55.6 Å². The Morgan fingerprint density at radius 3 is 2.26 bits per heavy atom. The number of sulfonamides is 1. The fourth-order valence-corrected chi connectivity index (χ4v) is 7.52. The van der Waals surface area contributed by atoms with Crippen LogP contribution in [0.1, 0.15) is 48.0 Å². The summed E-state index contributed by atoms with van der Waals surface area (Å²) in [5, 5.41) is 0.701. The molecule has 1 amide bonds. The second-order valence-electron chi connectivity index (χ2n) is 10.9. The molecule has 0 unspecified atom stereocenters. The van der Waals surface area contributed by atoms with Crippen molar-refractivity contribution >= 4 is 32.7 Å². The van der Waals surface area contributed by atoms with Crippen molar-refractivity contribution in [2.75, 3.05) is 30.9 Å². The van der Waals surface area contributed by atoms with Crippen LogP contribution in [0.2, 0.25) is 0 Å². The lowest BCUT2D eigenvalue weighted by Crippen LogP contribution is -2.57. The smallest absolute Gasteiger partial charge is 0.265 e. The van der Waals surface area contributed by atoms with Crippen molar-refractivity contribution in [2.24, 2.45) is 0 Å². The molecule has 0 bridgehead atoms. The number of hydrogen-bond acceptors (Lipinski definition) is 6. The highest BCUT2D eigenvalue weighted by molar-refractivity contribution is 7.93. The molecule has 1 saturated carbocycles. The second kappa shape index (κ2) is 11.4. The van der Waals surface area contributed by atoms with Gasteiger partial charge < -0.3 is 4.90 Å². The predicted octanol–water partition coefficient (Wildman–Crippen LogP) is 5.33. The van der Waals surface area contributed by atoms with Gasteiger partial charge in [-0.1, -0.05) is 37.5 Å². The second-order valence-corrected chi connectivity index (χ2v) is 12.5. The largest absolute Gasteiger partial charge is 0.336 e. The maximum absolute atomic E-state index is 14.2. The van der Waals surface area contributed by atoms with Crippen molar-refractivity contribution in [1.82, 2.24) is 19.8 Å². The molecule has 1 saturated heterocycles. The molecule has 4 aromatic rings. The zero-order chi connectivity index (χ0) is 29.3. The standard InChI is InChI=1S/C31H31F2N5O3S/c32-25-18-24(19-26(33)20-25)31(11-2-1-3-12-31)38-16-14-37(15-17-38)30(39)23-9-10-28(35-21-23)36-42(40,41)27-8-4-6-22-7-5-13-34-29(22)27/h4-10,13,18-21H,1-3,11-12,14-17H2,(H,35,36). The van der Waals surface area contributed by atoms with Gasteiger partial charge in [-0.15, -0.1) is 0 Å². The highest BCUT2D eigenvalue weighted by Crippen LogP contribution is 2.43. The van der Waals surface area contributed by atoms with E-state index in [9.17, 15) is 22.0 Å². The number of halogens is 2. The lowest BCUT2D eigenvalue weighted by atomic mass is 9.75. The van der Waals surface area contributed by atoms with E-state index in [-0.39, 0.29) is 16.6 Å². The number of para-hydroxylation sites is 1. The number of carbonyl (C=O) groups excluding carboxylic acids is 1. The SMILES string of the molecule is O=C(c1ccc(NS(=O)(=O)c2cccc3cccnc23)nc1)N1CCN(C2(c3cc(F)cc(F)c3)CCCCC2)CC1. The van der Waals surface area contributed by atoms with E-state index in [0.717, 1.165) is 38.2 Å². The summed E-state index contributed by atoms with van der Waals surface area (Å²) in [7, 11) is -3.97. The van der Waals surface area contributed by atoms with Crippen LogP contribution in [0, 0.1) is 11.6 Å². The van der Waals surface area contributed by atoms with Crippen LogP contribution in [0.25, 0.3) is 10.9 Å². The molecule has 1 aliphatic heterocycles. The molecular weight excluding hydrogens is 560 g/mol. The van der Waals surface area contributed by atoms with Gasteiger partial charge in [-0.2, -0.15) is 0 Å². The maximum atomic E-state index is 14.2. The first kappa shape index (κ1) is 28.2. The molecule has 2 aromatic heterocycles. The van der Waals surface area contributed by atoms with E-state index in [4.69, 9.17) is 0 Å². The minimum atomic E-state index is -3.97. The minimum Gasteiger partial charge on any atom is -0.336 e. The van der Waals surface area contributed by atoms with Crippen LogP contribution in [0.3, 0.4) is 0 Å². The number of fused-ring (bicyclic) bond motifs is 1. The Labute approximate surface area is 243 Å². The number of nitrogens with zero attached hydrogens (tertiary/aromatic N) is 4. The zero-order valence-electron chi connectivity index (χ0n) is 23.0. The zero-order valence-corrected chi connectivity index (χ0v) is 23.8. The number of nitrogens with one attached hydrogen (secondary N) is 1. The molecule has 1 N–H and O–H groups in total. The Morgan fingerprint density at radius 1 is 0.857 bits per heavy atom. The molecule has 0 atom stereocenters. The Morgan fingerprint density at radius 2 is 1.57 bits per heavy atom. The first-order chi connectivity index (χ1) is 20.2. The average molecular weight is 592 g/mol. The van der Waals surface area contributed by atoms with E-state index in [2.05, 4.69) is 19.6 Å². The number of carbonyl (C=O) groups is 1. The average Bonchev–Trinajstić information content (AvgIpc) is 3.00. The van der Waals surface area contributed by atoms with E-state index in [1.165, 1.54) is 36.7 Å². The van der Waals surface area contributed by atoms with Crippen LogP contribution in [-0.2, 0) is 15.6 Å². The lowest BCUT2D eigenvalue weighted by Gasteiger charge is -2.50. The molecular formula is C31H31F2N5O3S. The van der Waals surface area contributed by atoms with Crippen LogP contribution >= 0.6 is 0 Å². The molecule has 2 aliphatic rings. The summed E-state index contributed by atoms with van der Waals surface area (Å²) in [6, 6.07) is 15.3. The molecule has 218 valence electrons. The number of anilines is 1. The van der Waals surface area contributed by atoms with Gasteiger partial charge in [0.15, 0.2) is 0 Å². The van der Waals surface area contributed by atoms with Gasteiger partial charge in [-0.25, -0.2) is 22.2 Å². The number of pyridine rings is 2. The van der Waals surface area contributed by atoms with Crippen molar-refractivity contribution < 1.29 is 22.0 Å². The predicted molar refractivity (Wildman–Crippen MR) is 155 cm³/mol. The summed E-state index contributed by atoms with van der Waals surface area (Å²) in [6.07, 6.45) is 7.60. The molecule has 3 heterocycles. The number of hydrogen-bond donors (Lipinski definition) is 1. The molecule has 0 spiro atoms. The van der Waals surface area contributed by atoms with Gasteiger partial charge in [0.2, 0.25) is 0 Å². The highest BCUT2D eigenvalue weighted by atomic mass is 32.2. The Balaban J connectivity index is 1.13. The molecule has 0 radical (unpaired) electrons. The molecule has 42 heavy (non-hydrogen) atoms. The monoisotopic (exact) mass is 591 g/mol. The minimum absolute atomic E-state index is 0.0390. The first-order valence-corrected chi connectivity index (χ1v) is 15.6. The van der Waals surface area contributed by atoms with Crippen LogP contribution in [0.15, 0.2) is 78.0 Å². The summed E-state index contributed by atoms with van der Waals surface area (Å²) in [4.78, 5) is 25.8. The molecule has 2 aromatic carbocycles. The van der Waals surface area contributed by atoms with Crippen molar-refractivity contribution in [3.8, 4) is 0 Å². The third kappa shape index (κ3) is 5.46. The Bertz CT molecular complexity index is 1690. The van der Waals surface area contributed by atoms with Crippen molar-refractivity contribution in [2.45, 2.75) is 42.5 Å². The van der Waals surface area contributed by atoms with Crippen molar-refractivity contribution in [3.05, 3.63) is 95.8 Å². The number of rotatable bonds is 6. The summed E-state index contributed by atoms with van der Waals surface area (Å²) >= 11 is 0. The summed E-state index contributed by atoms with van der Waals surface area (Å²) in [6.45, 7) is 2.07. The van der Waals surface area contributed by atoms with E-state index in [1.54, 1.807) is 35.2 Å². The quantitative estimate of drug-likeness (QED) is 0.326.